The maximum Gasteiger partial charge on any atom is 0.290 e. The van der Waals surface area contributed by atoms with Crippen LogP contribution in [0.3, 0.4) is 0 Å². The first-order valence-corrected chi connectivity index (χ1v) is 10.8. The number of amides is 1. The van der Waals surface area contributed by atoms with Gasteiger partial charge in [0.25, 0.3) is 5.91 Å². The molecule has 3 aromatic rings. The predicted octanol–water partition coefficient (Wildman–Crippen LogP) is 3.11. The number of hydrogen-bond donors (Lipinski definition) is 0. The summed E-state index contributed by atoms with van der Waals surface area (Å²) in [5.41, 5.74) is 1.11. The Bertz CT molecular complexity index is 1170. The number of pyridine rings is 1. The third-order valence-corrected chi connectivity index (χ3v) is 6.11. The topological polar surface area (TPSA) is 75.9 Å². The molecule has 5 rings (SSSR count). The molecule has 0 bridgehead atoms. The van der Waals surface area contributed by atoms with Crippen molar-refractivity contribution < 1.29 is 13.9 Å². The Morgan fingerprint density at radius 3 is 2.71 bits per heavy atom. The number of halogens is 1. The van der Waals surface area contributed by atoms with Gasteiger partial charge >= 0.3 is 0 Å². The molecule has 7 nitrogen and oxygen atoms in total. The van der Waals surface area contributed by atoms with Crippen LogP contribution >= 0.6 is 11.6 Å². The average molecular weight is 440 g/mol. The zero-order chi connectivity index (χ0) is 21.4. The van der Waals surface area contributed by atoms with Crippen LogP contribution in [0.15, 0.2) is 51.8 Å². The van der Waals surface area contributed by atoms with Gasteiger partial charge in [0.15, 0.2) is 5.43 Å². The molecule has 2 aliphatic rings. The Morgan fingerprint density at radius 2 is 1.94 bits per heavy atom. The molecule has 2 aliphatic heterocycles. The molecule has 1 atom stereocenters. The van der Waals surface area contributed by atoms with Crippen LogP contribution in [0.2, 0.25) is 5.02 Å². The number of morpholine rings is 1. The first-order valence-electron chi connectivity index (χ1n) is 10.4. The zero-order valence-electron chi connectivity index (χ0n) is 16.9. The number of benzene rings is 1. The summed E-state index contributed by atoms with van der Waals surface area (Å²) in [5, 5.41) is 0.816. The second kappa shape index (κ2) is 8.42. The number of ether oxygens (including phenoxy) is 1. The second-order valence-electron chi connectivity index (χ2n) is 7.78. The lowest BCUT2D eigenvalue weighted by molar-refractivity contribution is 0.0353. The molecular formula is C23H22ClN3O4. The van der Waals surface area contributed by atoms with Gasteiger partial charge in [-0.05, 0) is 36.8 Å². The molecule has 8 heteroatoms. The molecule has 160 valence electrons. The summed E-state index contributed by atoms with van der Waals surface area (Å²) < 4.78 is 11.3. The molecule has 1 aromatic carbocycles. The van der Waals surface area contributed by atoms with Gasteiger partial charge in [-0.3, -0.25) is 19.5 Å². The van der Waals surface area contributed by atoms with Crippen molar-refractivity contribution >= 4 is 28.5 Å². The Kier molecular flexibility index (Phi) is 5.48. The summed E-state index contributed by atoms with van der Waals surface area (Å²) in [6, 6.07) is 9.79. The van der Waals surface area contributed by atoms with E-state index in [0.717, 1.165) is 39.3 Å². The van der Waals surface area contributed by atoms with Gasteiger partial charge in [-0.1, -0.05) is 17.7 Å². The van der Waals surface area contributed by atoms with Gasteiger partial charge in [-0.15, -0.1) is 0 Å². The minimum Gasteiger partial charge on any atom is -0.450 e. The summed E-state index contributed by atoms with van der Waals surface area (Å²) in [6.45, 7) is 4.61. The number of hydrogen-bond acceptors (Lipinski definition) is 6. The zero-order valence-corrected chi connectivity index (χ0v) is 17.7. The lowest BCUT2D eigenvalue weighted by Gasteiger charge is -2.28. The highest BCUT2D eigenvalue weighted by atomic mass is 35.5. The number of rotatable bonds is 5. The van der Waals surface area contributed by atoms with Crippen molar-refractivity contribution in [2.24, 2.45) is 0 Å². The molecular weight excluding hydrogens is 418 g/mol. The first kappa shape index (κ1) is 20.2. The van der Waals surface area contributed by atoms with E-state index in [1.54, 1.807) is 29.3 Å². The molecule has 0 radical (unpaired) electrons. The number of carbonyl (C=O) groups is 1. The average Bonchev–Trinajstić information content (AvgIpc) is 3.08. The van der Waals surface area contributed by atoms with Gasteiger partial charge in [-0.2, -0.15) is 0 Å². The lowest BCUT2D eigenvalue weighted by Crippen LogP contribution is -2.39. The third-order valence-electron chi connectivity index (χ3n) is 5.87. The Morgan fingerprint density at radius 1 is 1.10 bits per heavy atom. The molecule has 0 N–H and O–H groups in total. The second-order valence-corrected chi connectivity index (χ2v) is 8.21. The van der Waals surface area contributed by atoms with E-state index in [1.165, 1.54) is 0 Å². The van der Waals surface area contributed by atoms with Crippen LogP contribution in [-0.4, -0.2) is 60.1 Å². The standard InChI is InChI=1S/C23H22ClN3O4/c24-15-5-6-18-16(14-15)21(28)19-20(17-4-1-2-7-25-17)27(23(29)22(19)31-18)9-3-8-26-10-12-30-13-11-26/h1-2,4-7,14,20H,3,8-13H2/t20-/m0/s1. The quantitative estimate of drug-likeness (QED) is 0.608. The Hall–Kier alpha value is -2.74. The molecule has 0 aliphatic carbocycles. The van der Waals surface area contributed by atoms with Crippen LogP contribution in [-0.2, 0) is 4.74 Å². The van der Waals surface area contributed by atoms with Crippen LogP contribution in [0.25, 0.3) is 11.0 Å². The van der Waals surface area contributed by atoms with Crippen molar-refractivity contribution in [3.63, 3.8) is 0 Å². The summed E-state index contributed by atoms with van der Waals surface area (Å²) in [4.78, 5) is 35.2. The maximum absolute atomic E-state index is 13.4. The minimum absolute atomic E-state index is 0.0989. The smallest absolute Gasteiger partial charge is 0.290 e. The number of fused-ring (bicyclic) bond motifs is 2. The van der Waals surface area contributed by atoms with Crippen molar-refractivity contribution in [3.8, 4) is 0 Å². The fourth-order valence-electron chi connectivity index (χ4n) is 4.36. The summed E-state index contributed by atoms with van der Waals surface area (Å²) >= 11 is 6.11. The van der Waals surface area contributed by atoms with Gasteiger partial charge in [0.2, 0.25) is 5.76 Å². The van der Waals surface area contributed by atoms with Crippen LogP contribution in [0.5, 0.6) is 0 Å². The van der Waals surface area contributed by atoms with E-state index in [1.807, 2.05) is 18.2 Å². The van der Waals surface area contributed by atoms with Crippen LogP contribution < -0.4 is 5.43 Å². The lowest BCUT2D eigenvalue weighted by atomic mass is 10.0. The number of aromatic nitrogens is 1. The maximum atomic E-state index is 13.4. The normalized spacial score (nSPS) is 19.2. The SMILES string of the molecule is O=C1c2oc3ccc(Cl)cc3c(=O)c2[C@H](c2ccccn2)N1CCCN1CCOCC1. The molecule has 2 aromatic heterocycles. The molecule has 0 spiro atoms. The third kappa shape index (κ3) is 3.73. The monoisotopic (exact) mass is 439 g/mol. The van der Waals surface area contributed by atoms with E-state index in [9.17, 15) is 9.59 Å². The van der Waals surface area contributed by atoms with Gasteiger partial charge in [-0.25, -0.2) is 0 Å². The van der Waals surface area contributed by atoms with Crippen molar-refractivity contribution in [1.82, 2.24) is 14.8 Å². The largest absolute Gasteiger partial charge is 0.450 e. The van der Waals surface area contributed by atoms with Gasteiger partial charge in [0.1, 0.15) is 11.6 Å². The van der Waals surface area contributed by atoms with Gasteiger partial charge in [0, 0.05) is 37.4 Å². The van der Waals surface area contributed by atoms with Crippen molar-refractivity contribution in [1.29, 1.82) is 0 Å². The Balaban J connectivity index is 1.52. The summed E-state index contributed by atoms with van der Waals surface area (Å²) in [7, 11) is 0. The van der Waals surface area contributed by atoms with Crippen LogP contribution in [0, 0.1) is 0 Å². The fourth-order valence-corrected chi connectivity index (χ4v) is 4.53. The van der Waals surface area contributed by atoms with Crippen LogP contribution in [0.4, 0.5) is 0 Å². The van der Waals surface area contributed by atoms with Crippen molar-refractivity contribution in [3.05, 3.63) is 74.9 Å². The molecule has 1 fully saturated rings. The summed E-state index contributed by atoms with van der Waals surface area (Å²) in [5.74, 6) is -0.177. The highest BCUT2D eigenvalue weighted by molar-refractivity contribution is 6.31. The molecule has 0 saturated carbocycles. The van der Waals surface area contributed by atoms with Crippen molar-refractivity contribution in [2.75, 3.05) is 39.4 Å². The number of nitrogens with zero attached hydrogens (tertiary/aromatic N) is 3. The number of carbonyl (C=O) groups excluding carboxylic acids is 1. The van der Waals surface area contributed by atoms with Crippen molar-refractivity contribution in [2.45, 2.75) is 12.5 Å². The molecule has 1 saturated heterocycles. The van der Waals surface area contributed by atoms with Gasteiger partial charge < -0.3 is 14.1 Å². The highest BCUT2D eigenvalue weighted by Gasteiger charge is 2.43. The Labute approximate surface area is 184 Å². The summed E-state index contributed by atoms with van der Waals surface area (Å²) in [6.07, 6.45) is 2.45. The first-order chi connectivity index (χ1) is 15.1. The molecule has 0 unspecified atom stereocenters. The minimum atomic E-state index is -0.576. The van der Waals surface area contributed by atoms with Gasteiger partial charge in [0.05, 0.1) is 29.9 Å². The molecule has 4 heterocycles. The van der Waals surface area contributed by atoms with E-state index in [2.05, 4.69) is 9.88 Å². The molecule has 31 heavy (non-hydrogen) atoms. The fraction of sp³-hybridized carbons (Fsp3) is 0.348. The van der Waals surface area contributed by atoms with E-state index in [0.29, 0.717) is 33.8 Å². The predicted molar refractivity (Wildman–Crippen MR) is 116 cm³/mol. The van der Waals surface area contributed by atoms with E-state index >= 15 is 0 Å². The highest BCUT2D eigenvalue weighted by Crippen LogP contribution is 2.37. The van der Waals surface area contributed by atoms with E-state index in [-0.39, 0.29) is 17.1 Å². The van der Waals surface area contributed by atoms with Crippen LogP contribution in [0.1, 0.15) is 34.3 Å². The van der Waals surface area contributed by atoms with E-state index in [4.69, 9.17) is 20.8 Å². The molecule has 1 amide bonds. The van der Waals surface area contributed by atoms with E-state index < -0.39 is 6.04 Å².